The summed E-state index contributed by atoms with van der Waals surface area (Å²) in [4.78, 5) is 24.9. The highest BCUT2D eigenvalue weighted by molar-refractivity contribution is 6.01. The molecule has 0 amide bonds. The largest absolute Gasteiger partial charge is 0.493 e. The van der Waals surface area contributed by atoms with Crippen molar-refractivity contribution < 1.29 is 23.8 Å². The molecule has 1 atom stereocenters. The van der Waals surface area contributed by atoms with Crippen LogP contribution in [0.2, 0.25) is 0 Å². The monoisotopic (exact) mass is 370 g/mol. The number of esters is 1. The zero-order chi connectivity index (χ0) is 20.2. The second kappa shape index (κ2) is 8.25. The molecule has 144 valence electrons. The lowest BCUT2D eigenvalue weighted by molar-refractivity contribution is 0.0318. The molecule has 0 aliphatic heterocycles. The minimum Gasteiger partial charge on any atom is -0.493 e. The first-order chi connectivity index (χ1) is 12.7. The average molecular weight is 370 g/mol. The highest BCUT2D eigenvalue weighted by atomic mass is 16.5. The van der Waals surface area contributed by atoms with Crippen LogP contribution >= 0.6 is 0 Å². The predicted molar refractivity (Wildman–Crippen MR) is 104 cm³/mol. The van der Waals surface area contributed by atoms with Crippen LogP contribution in [-0.2, 0) is 10.2 Å². The van der Waals surface area contributed by atoms with E-state index in [0.29, 0.717) is 17.1 Å². The molecule has 2 rings (SSSR count). The molecular weight excluding hydrogens is 344 g/mol. The smallest absolute Gasteiger partial charge is 0.338 e. The van der Waals surface area contributed by atoms with Crippen LogP contribution in [0.1, 0.15) is 54.0 Å². The normalized spacial score (nSPS) is 12.2. The third kappa shape index (κ3) is 4.88. The topological polar surface area (TPSA) is 61.8 Å². The molecule has 0 unspecified atom stereocenters. The van der Waals surface area contributed by atoms with Crippen molar-refractivity contribution in [3.05, 3.63) is 59.2 Å². The van der Waals surface area contributed by atoms with Crippen molar-refractivity contribution >= 4 is 11.8 Å². The second-order valence-corrected chi connectivity index (χ2v) is 7.31. The van der Waals surface area contributed by atoms with E-state index in [-0.39, 0.29) is 16.8 Å². The molecule has 5 nitrogen and oxygen atoms in total. The molecule has 0 aliphatic carbocycles. The Morgan fingerprint density at radius 3 is 1.93 bits per heavy atom. The first-order valence-electron chi connectivity index (χ1n) is 8.75. The van der Waals surface area contributed by atoms with Crippen molar-refractivity contribution in [1.29, 1.82) is 0 Å². The molecule has 2 aromatic rings. The molecule has 0 aromatic heterocycles. The number of ketones is 1. The molecule has 27 heavy (non-hydrogen) atoms. The maximum absolute atomic E-state index is 12.6. The number of hydrogen-bond donors (Lipinski definition) is 0. The Kier molecular flexibility index (Phi) is 6.26. The van der Waals surface area contributed by atoms with E-state index in [1.165, 1.54) is 20.3 Å². The van der Waals surface area contributed by atoms with E-state index in [9.17, 15) is 9.59 Å². The van der Waals surface area contributed by atoms with Crippen LogP contribution in [-0.4, -0.2) is 32.1 Å². The molecule has 0 fully saturated rings. The summed E-state index contributed by atoms with van der Waals surface area (Å²) in [7, 11) is 3.00. The third-order valence-electron chi connectivity index (χ3n) is 4.31. The van der Waals surface area contributed by atoms with Crippen molar-refractivity contribution in [3.8, 4) is 11.5 Å². The molecular formula is C22H26O5. The Bertz CT molecular complexity index is 816. The van der Waals surface area contributed by atoms with Gasteiger partial charge in [-0.1, -0.05) is 45.0 Å². The number of carbonyl (C=O) groups excluding carboxylic acids is 2. The Hall–Kier alpha value is -2.82. The van der Waals surface area contributed by atoms with Gasteiger partial charge in [-0.05, 0) is 36.1 Å². The summed E-state index contributed by atoms with van der Waals surface area (Å²) in [5, 5.41) is 0. The number of benzene rings is 2. The van der Waals surface area contributed by atoms with Gasteiger partial charge in [0.05, 0.1) is 19.8 Å². The van der Waals surface area contributed by atoms with E-state index in [1.807, 2.05) is 12.1 Å². The van der Waals surface area contributed by atoms with Gasteiger partial charge in [-0.2, -0.15) is 0 Å². The second-order valence-electron chi connectivity index (χ2n) is 7.31. The van der Waals surface area contributed by atoms with Crippen LogP contribution < -0.4 is 9.47 Å². The molecule has 0 saturated carbocycles. The molecule has 0 bridgehead atoms. The van der Waals surface area contributed by atoms with Gasteiger partial charge in [0.15, 0.2) is 17.6 Å². The van der Waals surface area contributed by atoms with E-state index in [2.05, 4.69) is 20.8 Å². The molecule has 0 radical (unpaired) electrons. The maximum atomic E-state index is 12.6. The van der Waals surface area contributed by atoms with Gasteiger partial charge in [0.2, 0.25) is 5.78 Å². The predicted octanol–water partition coefficient (Wildman–Crippen LogP) is 4.43. The first kappa shape index (κ1) is 20.5. The number of Topliss-reactive ketones (excluding diaryl/α,β-unsaturated/α-hetero) is 1. The Morgan fingerprint density at radius 2 is 1.41 bits per heavy atom. The van der Waals surface area contributed by atoms with Crippen molar-refractivity contribution in [2.24, 2.45) is 0 Å². The van der Waals surface area contributed by atoms with Crippen LogP contribution in [0.4, 0.5) is 0 Å². The standard InChI is InChI=1S/C22H26O5/c1-14(20(23)15-7-10-17(11-8-15)22(2,3)4)27-21(24)16-9-12-18(25-5)19(13-16)26-6/h7-14H,1-6H3/t14-/m1/s1. The van der Waals surface area contributed by atoms with E-state index >= 15 is 0 Å². The summed E-state index contributed by atoms with van der Waals surface area (Å²) in [5.41, 5.74) is 1.94. The molecule has 0 N–H and O–H groups in total. The zero-order valence-corrected chi connectivity index (χ0v) is 16.7. The van der Waals surface area contributed by atoms with E-state index in [4.69, 9.17) is 14.2 Å². The summed E-state index contributed by atoms with van der Waals surface area (Å²) >= 11 is 0. The quantitative estimate of drug-likeness (QED) is 0.556. The summed E-state index contributed by atoms with van der Waals surface area (Å²) in [5.74, 6) is 0.0909. The lowest BCUT2D eigenvalue weighted by atomic mass is 9.86. The average Bonchev–Trinajstić information content (AvgIpc) is 2.66. The summed E-state index contributed by atoms with van der Waals surface area (Å²) in [6, 6.07) is 12.1. The number of carbonyl (C=O) groups is 2. The molecule has 0 aliphatic rings. The lowest BCUT2D eigenvalue weighted by Gasteiger charge is -2.19. The minimum absolute atomic E-state index is 0.00703. The lowest BCUT2D eigenvalue weighted by Crippen LogP contribution is -2.24. The Balaban J connectivity index is 2.10. The van der Waals surface area contributed by atoms with Gasteiger partial charge in [-0.25, -0.2) is 4.79 Å². The van der Waals surface area contributed by atoms with Crippen LogP contribution in [0.25, 0.3) is 0 Å². The van der Waals surface area contributed by atoms with Crippen molar-refractivity contribution in [3.63, 3.8) is 0 Å². The van der Waals surface area contributed by atoms with E-state index < -0.39 is 12.1 Å². The zero-order valence-electron chi connectivity index (χ0n) is 16.7. The number of hydrogen-bond acceptors (Lipinski definition) is 5. The van der Waals surface area contributed by atoms with Gasteiger partial charge in [0.1, 0.15) is 0 Å². The van der Waals surface area contributed by atoms with E-state index in [0.717, 1.165) is 5.56 Å². The van der Waals surface area contributed by atoms with Crippen molar-refractivity contribution in [1.82, 2.24) is 0 Å². The highest BCUT2D eigenvalue weighted by Crippen LogP contribution is 2.28. The fourth-order valence-electron chi connectivity index (χ4n) is 2.61. The third-order valence-corrected chi connectivity index (χ3v) is 4.31. The van der Waals surface area contributed by atoms with Crippen molar-refractivity contribution in [2.75, 3.05) is 14.2 Å². The van der Waals surface area contributed by atoms with Gasteiger partial charge in [0, 0.05) is 5.56 Å². The molecule has 0 spiro atoms. The van der Waals surface area contributed by atoms with E-state index in [1.54, 1.807) is 31.2 Å². The fraction of sp³-hybridized carbons (Fsp3) is 0.364. The highest BCUT2D eigenvalue weighted by Gasteiger charge is 2.22. The maximum Gasteiger partial charge on any atom is 0.338 e. The molecule has 0 saturated heterocycles. The number of rotatable bonds is 6. The Morgan fingerprint density at radius 1 is 0.852 bits per heavy atom. The number of methoxy groups -OCH3 is 2. The van der Waals surface area contributed by atoms with Crippen molar-refractivity contribution in [2.45, 2.75) is 39.2 Å². The van der Waals surface area contributed by atoms with Crippen LogP contribution in [0.15, 0.2) is 42.5 Å². The summed E-state index contributed by atoms with van der Waals surface area (Å²) in [6.45, 7) is 7.89. The van der Waals surface area contributed by atoms with Crippen LogP contribution in [0, 0.1) is 0 Å². The summed E-state index contributed by atoms with van der Waals surface area (Å²) < 4.78 is 15.7. The first-order valence-corrected chi connectivity index (χ1v) is 8.75. The van der Waals surface area contributed by atoms with Gasteiger partial charge in [-0.3, -0.25) is 4.79 Å². The molecule has 5 heteroatoms. The fourth-order valence-corrected chi connectivity index (χ4v) is 2.61. The van der Waals surface area contributed by atoms with Gasteiger partial charge < -0.3 is 14.2 Å². The van der Waals surface area contributed by atoms with Gasteiger partial charge >= 0.3 is 5.97 Å². The van der Waals surface area contributed by atoms with Crippen LogP contribution in [0.3, 0.4) is 0 Å². The van der Waals surface area contributed by atoms with Gasteiger partial charge in [-0.15, -0.1) is 0 Å². The summed E-state index contributed by atoms with van der Waals surface area (Å²) in [6.07, 6.45) is -0.897. The molecule has 2 aromatic carbocycles. The molecule has 0 heterocycles. The van der Waals surface area contributed by atoms with Gasteiger partial charge in [0.25, 0.3) is 0 Å². The SMILES string of the molecule is COc1ccc(C(=O)O[C@H](C)C(=O)c2ccc(C(C)(C)C)cc2)cc1OC. The number of ether oxygens (including phenoxy) is 3. The Labute approximate surface area is 160 Å². The van der Waals surface area contributed by atoms with Crippen LogP contribution in [0.5, 0.6) is 11.5 Å². The minimum atomic E-state index is -0.897.